The minimum atomic E-state index is 0.562. The van der Waals surface area contributed by atoms with Crippen molar-refractivity contribution in [2.24, 2.45) is 10.8 Å². The number of piperidine rings is 2. The summed E-state index contributed by atoms with van der Waals surface area (Å²) < 4.78 is 5.68. The molecule has 4 bridgehead atoms. The summed E-state index contributed by atoms with van der Waals surface area (Å²) in [6.07, 6.45) is 3.81. The highest BCUT2D eigenvalue weighted by molar-refractivity contribution is 5.02. The molecule has 0 saturated carbocycles. The fourth-order valence-electron chi connectivity index (χ4n) is 5.28. The highest BCUT2D eigenvalue weighted by atomic mass is 16.3. The molecule has 0 amide bonds. The average Bonchev–Trinajstić information content (AvgIpc) is 2.65. The monoisotopic (exact) mass is 234 g/mol. The summed E-state index contributed by atoms with van der Waals surface area (Å²) in [4.78, 5) is 3.51. The van der Waals surface area contributed by atoms with Crippen LogP contribution < -0.4 is 9.80 Å². The maximum atomic E-state index is 5.68. The average molecular weight is 234 g/mol. The number of rotatable bonds is 1. The number of furan rings is 1. The zero-order valence-electron chi connectivity index (χ0n) is 10.8. The lowest BCUT2D eigenvalue weighted by Crippen LogP contribution is -3.40. The van der Waals surface area contributed by atoms with Gasteiger partial charge >= 0.3 is 0 Å². The van der Waals surface area contributed by atoms with Crippen molar-refractivity contribution in [1.82, 2.24) is 0 Å². The Balaban J connectivity index is 1.74. The fraction of sp³-hybridized carbons (Fsp3) is 0.714. The van der Waals surface area contributed by atoms with E-state index in [2.05, 4.69) is 19.9 Å². The summed E-state index contributed by atoms with van der Waals surface area (Å²) in [5.74, 6) is 1.20. The first-order valence-electron chi connectivity index (χ1n) is 6.80. The van der Waals surface area contributed by atoms with E-state index < -0.39 is 0 Å². The Morgan fingerprint density at radius 2 is 1.71 bits per heavy atom. The van der Waals surface area contributed by atoms with Crippen molar-refractivity contribution in [3.63, 3.8) is 0 Å². The Kier molecular flexibility index (Phi) is 1.77. The first kappa shape index (κ1) is 10.2. The summed E-state index contributed by atoms with van der Waals surface area (Å²) >= 11 is 0. The number of hydrogen-bond donors (Lipinski definition) is 2. The fourth-order valence-corrected chi connectivity index (χ4v) is 5.28. The van der Waals surface area contributed by atoms with Crippen molar-refractivity contribution in [2.75, 3.05) is 26.2 Å². The predicted molar refractivity (Wildman–Crippen MR) is 63.7 cm³/mol. The highest BCUT2D eigenvalue weighted by Crippen LogP contribution is 2.39. The lowest BCUT2D eigenvalue weighted by atomic mass is 9.63. The first-order valence-corrected chi connectivity index (χ1v) is 6.80. The van der Waals surface area contributed by atoms with Gasteiger partial charge in [-0.25, -0.2) is 0 Å². The quantitative estimate of drug-likeness (QED) is 0.671. The molecule has 4 aliphatic rings. The molecule has 0 atom stereocenters. The third kappa shape index (κ3) is 1.36. The first-order chi connectivity index (χ1) is 8.07. The van der Waals surface area contributed by atoms with Gasteiger partial charge in [-0.2, -0.15) is 0 Å². The van der Waals surface area contributed by atoms with E-state index in [0.717, 1.165) is 0 Å². The van der Waals surface area contributed by atoms with E-state index in [1.54, 1.807) is 9.80 Å². The van der Waals surface area contributed by atoms with Crippen LogP contribution in [0, 0.1) is 10.8 Å². The van der Waals surface area contributed by atoms with Crippen LogP contribution in [0.15, 0.2) is 22.8 Å². The van der Waals surface area contributed by atoms with Gasteiger partial charge in [0.25, 0.3) is 6.17 Å². The molecule has 17 heavy (non-hydrogen) atoms. The summed E-state index contributed by atoms with van der Waals surface area (Å²) in [5.41, 5.74) is 1.14. The van der Waals surface area contributed by atoms with Gasteiger partial charge < -0.3 is 4.42 Å². The lowest BCUT2D eigenvalue weighted by Gasteiger charge is -2.59. The molecule has 5 rings (SSSR count). The molecule has 1 aromatic rings. The van der Waals surface area contributed by atoms with Crippen molar-refractivity contribution >= 4 is 0 Å². The molecule has 0 radical (unpaired) electrons. The van der Waals surface area contributed by atoms with Gasteiger partial charge in [-0.15, -0.1) is 0 Å². The summed E-state index contributed by atoms with van der Waals surface area (Å²) in [6, 6.07) is 4.20. The molecule has 5 heterocycles. The molecular formula is C14H22N2O+2. The Hall–Kier alpha value is -0.800. The standard InChI is InChI=1S/C14H20N2O/c1-13-6-14(2)9-15(7-13)12(16(8-13)10-14)11-4-3-5-17-11/h3-5,12H,6-10H2,1-2H3/p+2. The molecule has 92 valence electrons. The van der Waals surface area contributed by atoms with Crippen LogP contribution >= 0.6 is 0 Å². The van der Waals surface area contributed by atoms with E-state index in [1.165, 1.54) is 38.4 Å². The molecular weight excluding hydrogens is 212 g/mol. The largest absolute Gasteiger partial charge is 0.457 e. The SMILES string of the molecule is CC12C[NH+]3CC(C)(C[NH+](C1)C3c1ccco1)C2. The van der Waals surface area contributed by atoms with Gasteiger partial charge in [0.15, 0.2) is 0 Å². The Morgan fingerprint density at radius 1 is 1.12 bits per heavy atom. The molecule has 0 spiro atoms. The molecule has 0 aromatic carbocycles. The van der Waals surface area contributed by atoms with Crippen LogP contribution in [0.1, 0.15) is 32.2 Å². The molecule has 2 N–H and O–H groups in total. The van der Waals surface area contributed by atoms with Crippen molar-refractivity contribution in [2.45, 2.75) is 26.4 Å². The maximum Gasteiger partial charge on any atom is 0.273 e. The van der Waals surface area contributed by atoms with Gasteiger partial charge in [0.05, 0.1) is 43.3 Å². The van der Waals surface area contributed by atoms with E-state index in [9.17, 15) is 0 Å². The Morgan fingerprint density at radius 3 is 2.18 bits per heavy atom. The minimum absolute atomic E-state index is 0.562. The molecule has 0 unspecified atom stereocenters. The molecule has 1 aromatic heterocycles. The van der Waals surface area contributed by atoms with E-state index in [-0.39, 0.29) is 0 Å². The van der Waals surface area contributed by atoms with Crippen LogP contribution in [0.25, 0.3) is 0 Å². The van der Waals surface area contributed by atoms with Crippen LogP contribution in [0.4, 0.5) is 0 Å². The maximum absolute atomic E-state index is 5.68. The Bertz CT molecular complexity index is 403. The van der Waals surface area contributed by atoms with Gasteiger partial charge in [0.2, 0.25) is 5.76 Å². The molecule has 3 heteroatoms. The van der Waals surface area contributed by atoms with E-state index in [0.29, 0.717) is 17.0 Å². The van der Waals surface area contributed by atoms with Crippen LogP contribution in [0.2, 0.25) is 0 Å². The molecule has 3 nitrogen and oxygen atoms in total. The van der Waals surface area contributed by atoms with Gasteiger partial charge in [0.1, 0.15) is 0 Å². The summed E-state index contributed by atoms with van der Waals surface area (Å²) in [5, 5.41) is 0. The molecule has 4 saturated heterocycles. The van der Waals surface area contributed by atoms with Gasteiger partial charge in [-0.05, 0) is 32.4 Å². The van der Waals surface area contributed by atoms with Crippen LogP contribution in [-0.4, -0.2) is 26.2 Å². The number of hydrogen-bond acceptors (Lipinski definition) is 1. The van der Waals surface area contributed by atoms with Crippen LogP contribution in [0.5, 0.6) is 0 Å². The van der Waals surface area contributed by atoms with Crippen molar-refractivity contribution in [1.29, 1.82) is 0 Å². The molecule has 4 aliphatic heterocycles. The number of nitrogens with one attached hydrogen (secondary N) is 2. The third-order valence-corrected chi connectivity index (χ3v) is 5.11. The van der Waals surface area contributed by atoms with Gasteiger partial charge in [-0.1, -0.05) is 0 Å². The topological polar surface area (TPSA) is 22.0 Å². The number of quaternary nitrogens is 2. The van der Waals surface area contributed by atoms with Crippen molar-refractivity contribution in [3.05, 3.63) is 24.2 Å². The van der Waals surface area contributed by atoms with E-state index in [4.69, 9.17) is 4.42 Å². The molecule has 4 fully saturated rings. The van der Waals surface area contributed by atoms with Gasteiger partial charge in [0, 0.05) is 0 Å². The minimum Gasteiger partial charge on any atom is -0.457 e. The second-order valence-corrected chi connectivity index (χ2v) is 7.27. The second-order valence-electron chi connectivity index (χ2n) is 7.27. The van der Waals surface area contributed by atoms with Crippen molar-refractivity contribution < 1.29 is 14.2 Å². The third-order valence-electron chi connectivity index (χ3n) is 5.11. The predicted octanol–water partition coefficient (Wildman–Crippen LogP) is -0.508. The highest BCUT2D eigenvalue weighted by Gasteiger charge is 2.63. The normalized spacial score (nSPS) is 52.0. The second kappa shape index (κ2) is 2.96. The summed E-state index contributed by atoms with van der Waals surface area (Å²) in [7, 11) is 0. The summed E-state index contributed by atoms with van der Waals surface area (Å²) in [6.45, 7) is 10.3. The van der Waals surface area contributed by atoms with E-state index in [1.807, 2.05) is 12.3 Å². The lowest BCUT2D eigenvalue weighted by molar-refractivity contribution is -1.19. The zero-order chi connectivity index (χ0) is 11.7. The van der Waals surface area contributed by atoms with Gasteiger partial charge in [-0.3, -0.25) is 9.80 Å². The van der Waals surface area contributed by atoms with Crippen molar-refractivity contribution in [3.8, 4) is 0 Å². The Labute approximate surface area is 102 Å². The van der Waals surface area contributed by atoms with E-state index >= 15 is 0 Å². The zero-order valence-corrected chi connectivity index (χ0v) is 10.8. The smallest absolute Gasteiger partial charge is 0.273 e. The molecule has 0 aliphatic carbocycles. The van der Waals surface area contributed by atoms with Crippen LogP contribution in [-0.2, 0) is 0 Å². The van der Waals surface area contributed by atoms with Crippen LogP contribution in [0.3, 0.4) is 0 Å².